The van der Waals surface area contributed by atoms with Crippen LogP contribution in [0.5, 0.6) is 0 Å². The SMILES string of the molecule is CCOC(=O)C(C[C@@H]1CCC[N+]2=C1c1[nH]c3ccccc3c1C(CC)[C@@H]2C(=O)OC)C(=O)OCC.[O-][Cl+3]([O-])([O-])[O-]. The topological polar surface area (TPSA) is 190 Å². The predicted molar refractivity (Wildman–Crippen MR) is 130 cm³/mol. The van der Waals surface area contributed by atoms with Crippen molar-refractivity contribution in [1.29, 1.82) is 0 Å². The number of esters is 3. The molecule has 1 aromatic heterocycles. The van der Waals surface area contributed by atoms with Gasteiger partial charge in [0.1, 0.15) is 12.2 Å². The van der Waals surface area contributed by atoms with Crippen molar-refractivity contribution in [3.63, 3.8) is 0 Å². The fraction of sp³-hybridized carbons (Fsp3) is 0.556. The molecular weight excluding hydrogens is 548 g/mol. The lowest BCUT2D eigenvalue weighted by atomic mass is 9.76. The fourth-order valence-electron chi connectivity index (χ4n) is 5.89. The maximum atomic E-state index is 13.1. The van der Waals surface area contributed by atoms with Gasteiger partial charge in [-0.25, -0.2) is 28.0 Å². The van der Waals surface area contributed by atoms with Crippen molar-refractivity contribution in [2.24, 2.45) is 11.8 Å². The van der Waals surface area contributed by atoms with Gasteiger partial charge < -0.3 is 19.2 Å². The summed E-state index contributed by atoms with van der Waals surface area (Å²) in [6.45, 7) is 6.63. The Morgan fingerprint density at radius 1 is 1.05 bits per heavy atom. The van der Waals surface area contributed by atoms with Gasteiger partial charge in [-0.2, -0.15) is 0 Å². The molecule has 0 radical (unpaired) electrons. The zero-order valence-corrected chi connectivity index (χ0v) is 23.7. The molecular formula is C27H35ClN2O10. The van der Waals surface area contributed by atoms with Gasteiger partial charge in [-0.1, -0.05) is 25.1 Å². The van der Waals surface area contributed by atoms with Gasteiger partial charge in [0.25, 0.3) is 6.04 Å². The summed E-state index contributed by atoms with van der Waals surface area (Å²) in [7, 11) is -3.52. The van der Waals surface area contributed by atoms with Crippen LogP contribution in [0.15, 0.2) is 24.3 Å². The van der Waals surface area contributed by atoms with Gasteiger partial charge in [0.2, 0.25) is 5.71 Å². The lowest BCUT2D eigenvalue weighted by Crippen LogP contribution is -2.68. The van der Waals surface area contributed by atoms with Crippen LogP contribution in [-0.4, -0.2) is 66.1 Å². The van der Waals surface area contributed by atoms with Gasteiger partial charge in [-0.15, -0.1) is 10.2 Å². The van der Waals surface area contributed by atoms with E-state index in [-0.39, 0.29) is 37.4 Å². The van der Waals surface area contributed by atoms with E-state index < -0.39 is 34.1 Å². The van der Waals surface area contributed by atoms with Gasteiger partial charge in [0.15, 0.2) is 5.92 Å². The van der Waals surface area contributed by atoms with Crippen LogP contribution in [0.25, 0.3) is 10.9 Å². The van der Waals surface area contributed by atoms with Gasteiger partial charge in [0.05, 0.1) is 26.2 Å². The summed E-state index contributed by atoms with van der Waals surface area (Å²) in [6, 6.07) is 7.65. The molecule has 0 spiro atoms. The number of halogens is 1. The normalized spacial score (nSPS) is 20.3. The highest BCUT2D eigenvalue weighted by atomic mass is 35.7. The zero-order valence-electron chi connectivity index (χ0n) is 23.0. The lowest BCUT2D eigenvalue weighted by molar-refractivity contribution is -2.00. The number of aromatic nitrogens is 1. The number of benzene rings is 1. The molecule has 13 heteroatoms. The van der Waals surface area contributed by atoms with Crippen molar-refractivity contribution in [3.8, 4) is 0 Å². The number of hydrogen-bond donors (Lipinski definition) is 1. The number of nitrogens with zero attached hydrogens (tertiary/aromatic N) is 1. The first kappa shape index (κ1) is 31.5. The zero-order chi connectivity index (χ0) is 29.6. The molecule has 1 unspecified atom stereocenters. The summed E-state index contributed by atoms with van der Waals surface area (Å²) < 4.78 is 51.9. The number of methoxy groups -OCH3 is 1. The minimum Gasteiger partial charge on any atom is -0.465 e. The molecule has 4 rings (SSSR count). The number of para-hydroxylation sites is 1. The van der Waals surface area contributed by atoms with Gasteiger partial charge in [-0.3, -0.25) is 9.59 Å². The molecule has 3 heterocycles. The Hall–Kier alpha value is -3.03. The highest BCUT2D eigenvalue weighted by molar-refractivity contribution is 6.07. The second-order valence-electron chi connectivity index (χ2n) is 9.53. The van der Waals surface area contributed by atoms with E-state index in [1.165, 1.54) is 7.11 Å². The van der Waals surface area contributed by atoms with E-state index in [1.54, 1.807) is 13.8 Å². The van der Waals surface area contributed by atoms with Crippen LogP contribution in [0, 0.1) is 22.1 Å². The van der Waals surface area contributed by atoms with Crippen LogP contribution in [0.4, 0.5) is 0 Å². The molecule has 2 aliphatic rings. The Morgan fingerprint density at radius 2 is 1.65 bits per heavy atom. The molecule has 0 fully saturated rings. The van der Waals surface area contributed by atoms with E-state index >= 15 is 0 Å². The first-order valence-corrected chi connectivity index (χ1v) is 14.5. The third-order valence-corrected chi connectivity index (χ3v) is 7.28. The third kappa shape index (κ3) is 6.99. The summed E-state index contributed by atoms with van der Waals surface area (Å²) in [5, 5.41) is 1.09. The summed E-state index contributed by atoms with van der Waals surface area (Å²) in [6.07, 6.45) is 2.67. The van der Waals surface area contributed by atoms with Crippen LogP contribution in [0.3, 0.4) is 0 Å². The molecule has 2 aliphatic heterocycles. The number of carbonyl (C=O) groups excluding carboxylic acids is 3. The largest absolute Gasteiger partial charge is 0.465 e. The lowest BCUT2D eigenvalue weighted by Gasteiger charge is -2.34. The van der Waals surface area contributed by atoms with Crippen LogP contribution in [0.1, 0.15) is 63.6 Å². The molecule has 40 heavy (non-hydrogen) atoms. The monoisotopic (exact) mass is 582 g/mol. The maximum Gasteiger partial charge on any atom is 0.375 e. The number of ether oxygens (including phenoxy) is 3. The summed E-state index contributed by atoms with van der Waals surface area (Å²) in [4.78, 5) is 42.3. The van der Waals surface area contributed by atoms with E-state index in [9.17, 15) is 14.4 Å². The smallest absolute Gasteiger partial charge is 0.375 e. The molecule has 12 nitrogen and oxygen atoms in total. The molecule has 0 amide bonds. The molecule has 1 N–H and O–H groups in total. The van der Waals surface area contributed by atoms with E-state index in [0.717, 1.165) is 47.1 Å². The van der Waals surface area contributed by atoms with Crippen molar-refractivity contribution in [1.82, 2.24) is 4.98 Å². The van der Waals surface area contributed by atoms with E-state index in [1.807, 2.05) is 18.2 Å². The molecule has 0 aliphatic carbocycles. The standard InChI is InChI=1S/C27H34N2O6.ClHO4/c1-5-17-21-18-12-8-9-13-20(18)28-22(21)23-16(11-10-14-29(23)24(17)27(32)33-4)15-19(25(30)34-6-2)26(31)35-7-3;2-1(3,4)5/h8-9,12-13,16-17,19,24H,5-7,10-11,14-15H2,1-4H3;(H,2,3,4,5)/t16-,17?,24+;/m0./s1. The Morgan fingerprint density at radius 3 is 2.20 bits per heavy atom. The third-order valence-electron chi connectivity index (χ3n) is 7.28. The summed E-state index contributed by atoms with van der Waals surface area (Å²) >= 11 is 0. The van der Waals surface area contributed by atoms with Crippen molar-refractivity contribution < 1.29 is 62.0 Å². The fourth-order valence-corrected chi connectivity index (χ4v) is 5.89. The highest BCUT2D eigenvalue weighted by Gasteiger charge is 2.51. The number of rotatable bonds is 8. The average Bonchev–Trinajstić information content (AvgIpc) is 3.29. The van der Waals surface area contributed by atoms with Gasteiger partial charge >= 0.3 is 17.9 Å². The van der Waals surface area contributed by atoms with Crippen LogP contribution >= 0.6 is 0 Å². The van der Waals surface area contributed by atoms with Crippen molar-refractivity contribution in [2.45, 2.75) is 58.4 Å². The number of aromatic amines is 1. The first-order chi connectivity index (χ1) is 19.0. The Bertz CT molecular complexity index is 1230. The van der Waals surface area contributed by atoms with Crippen molar-refractivity contribution >= 4 is 34.5 Å². The molecule has 1 aromatic carbocycles. The minimum absolute atomic E-state index is 0.0398. The molecule has 3 atom stereocenters. The number of carbonyl (C=O) groups is 3. The van der Waals surface area contributed by atoms with E-state index in [4.69, 9.17) is 32.8 Å². The molecule has 0 saturated carbocycles. The molecule has 2 aromatic rings. The van der Waals surface area contributed by atoms with Crippen LogP contribution in [-0.2, 0) is 28.6 Å². The molecule has 0 bridgehead atoms. The highest BCUT2D eigenvalue weighted by Crippen LogP contribution is 2.42. The summed E-state index contributed by atoms with van der Waals surface area (Å²) in [5.74, 6) is -2.57. The Labute approximate surface area is 234 Å². The number of fused-ring (bicyclic) bond motifs is 4. The number of hydrogen-bond acceptors (Lipinski definition) is 10. The van der Waals surface area contributed by atoms with Crippen LogP contribution < -0.4 is 18.6 Å². The second kappa shape index (κ2) is 13.6. The Balaban J connectivity index is 0.000000810. The number of H-pyrrole nitrogens is 1. The molecule has 220 valence electrons. The van der Waals surface area contributed by atoms with E-state index in [2.05, 4.69) is 22.5 Å². The first-order valence-electron chi connectivity index (χ1n) is 13.2. The van der Waals surface area contributed by atoms with Crippen LogP contribution in [0.2, 0.25) is 0 Å². The van der Waals surface area contributed by atoms with E-state index in [0.29, 0.717) is 6.54 Å². The second-order valence-corrected chi connectivity index (χ2v) is 10.3. The average molecular weight is 583 g/mol. The van der Waals surface area contributed by atoms with Gasteiger partial charge in [-0.05, 0) is 39.2 Å². The minimum atomic E-state index is -4.94. The predicted octanol–water partition coefficient (Wildman–Crippen LogP) is -1.20. The quantitative estimate of drug-likeness (QED) is 0.171. The maximum absolute atomic E-state index is 13.1. The molecule has 0 saturated heterocycles. The summed E-state index contributed by atoms with van der Waals surface area (Å²) in [5.41, 5.74) is 4.08. The number of nitrogens with one attached hydrogen (secondary N) is 1. The van der Waals surface area contributed by atoms with Gasteiger partial charge in [0, 0.05) is 28.8 Å². The Kier molecular flexibility index (Phi) is 10.7. The van der Waals surface area contributed by atoms with Crippen molar-refractivity contribution in [3.05, 3.63) is 35.5 Å². The van der Waals surface area contributed by atoms with Crippen molar-refractivity contribution in [2.75, 3.05) is 26.9 Å².